The van der Waals surface area contributed by atoms with Crippen LogP contribution in [0.4, 0.5) is 0 Å². The zero-order chi connectivity index (χ0) is 14.8. The van der Waals surface area contributed by atoms with Gasteiger partial charge < -0.3 is 21.6 Å². The Hall–Kier alpha value is 0.790. The van der Waals surface area contributed by atoms with Crippen molar-refractivity contribution in [2.24, 2.45) is 0 Å². The van der Waals surface area contributed by atoms with E-state index in [1.807, 2.05) is 30.3 Å². The molecule has 0 amide bonds. The summed E-state index contributed by atoms with van der Waals surface area (Å²) in [6, 6.07) is 12.5. The minimum Gasteiger partial charge on any atom is -0.343 e. The normalized spacial score (nSPS) is 8.70. The topological polar surface area (TPSA) is 60.7 Å². The number of hydrogen-bond acceptors (Lipinski definition) is 3. The molecule has 0 fully saturated rings. The van der Waals surface area contributed by atoms with Gasteiger partial charge in [-0.15, -0.1) is 0 Å². The molecule has 20 heavy (non-hydrogen) atoms. The van der Waals surface area contributed by atoms with E-state index in [1.54, 1.807) is 0 Å². The predicted octanol–water partition coefficient (Wildman–Crippen LogP) is 3.87. The van der Waals surface area contributed by atoms with Gasteiger partial charge in [0.2, 0.25) is 0 Å². The second-order valence-corrected chi connectivity index (χ2v) is 4.50. The molecule has 1 aromatic carbocycles. The van der Waals surface area contributed by atoms with E-state index in [9.17, 15) is 0 Å². The Kier molecular flexibility index (Phi) is 31.9. The maximum Gasteiger partial charge on any atom is 2.00 e. The van der Waals surface area contributed by atoms with Crippen molar-refractivity contribution in [3.05, 3.63) is 43.3 Å². The maximum absolute atomic E-state index is 7.23. The van der Waals surface area contributed by atoms with Crippen LogP contribution in [0.15, 0.2) is 30.3 Å². The van der Waals surface area contributed by atoms with Gasteiger partial charge in [0.1, 0.15) is 0 Å². The molecule has 0 bridgehead atoms. The van der Waals surface area contributed by atoms with Crippen LogP contribution in [0.2, 0.25) is 0 Å². The van der Waals surface area contributed by atoms with Crippen LogP contribution in [-0.2, 0) is 0 Å². The molecule has 0 heterocycles. The molecule has 3 N–H and O–H groups in total. The fourth-order valence-corrected chi connectivity index (χ4v) is 1.30. The number of rotatable bonds is 6. The zero-order valence-electron chi connectivity index (χ0n) is 12.5. The Balaban J connectivity index is -0.000000228. The van der Waals surface area contributed by atoms with Crippen molar-refractivity contribution in [2.75, 3.05) is 0 Å². The van der Waals surface area contributed by atoms with Crippen molar-refractivity contribution in [3.63, 3.8) is 0 Å². The molecule has 0 spiro atoms. The number of unbranched alkanes of at least 4 members (excludes halogenated alkanes) is 6. The fourth-order valence-electron chi connectivity index (χ4n) is 1.30. The Morgan fingerprint density at radius 2 is 1.35 bits per heavy atom. The standard InChI is InChI=1S/C9H19.C6H5.Ca.H3O3P/c1-3-5-7-9-8-6-4-2;1-2-4-6-5-3-1;;1-4(2)3/h1,3-9H2,2H3;1-5H;;1-3H/q2*-1;+2;. The Morgan fingerprint density at radius 1 is 0.900 bits per heavy atom. The molecule has 0 radical (unpaired) electrons. The molecule has 0 atom stereocenters. The minimum absolute atomic E-state index is 0. The molecule has 0 saturated heterocycles. The maximum atomic E-state index is 7.23. The first-order valence-corrected chi connectivity index (χ1v) is 7.92. The van der Waals surface area contributed by atoms with Gasteiger partial charge in [0.05, 0.1) is 0 Å². The third-order valence-electron chi connectivity index (χ3n) is 2.21. The van der Waals surface area contributed by atoms with E-state index >= 15 is 0 Å². The van der Waals surface area contributed by atoms with Gasteiger partial charge in [-0.3, -0.25) is 0 Å². The van der Waals surface area contributed by atoms with Crippen LogP contribution in [0.1, 0.15) is 51.9 Å². The molecular weight excluding hydrogens is 299 g/mol. The van der Waals surface area contributed by atoms with Gasteiger partial charge in [-0.25, -0.2) is 0 Å². The van der Waals surface area contributed by atoms with Crippen LogP contribution in [-0.4, -0.2) is 52.4 Å². The van der Waals surface area contributed by atoms with Crippen LogP contribution >= 0.6 is 8.60 Å². The molecule has 0 aliphatic heterocycles. The van der Waals surface area contributed by atoms with Crippen molar-refractivity contribution in [1.82, 2.24) is 0 Å². The molecule has 0 aliphatic rings. The van der Waals surface area contributed by atoms with Gasteiger partial charge in [0.15, 0.2) is 0 Å². The summed E-state index contributed by atoms with van der Waals surface area (Å²) in [5, 5.41) is 0. The van der Waals surface area contributed by atoms with Gasteiger partial charge in [-0.05, 0) is 0 Å². The van der Waals surface area contributed by atoms with Crippen molar-refractivity contribution < 1.29 is 14.7 Å². The summed E-state index contributed by atoms with van der Waals surface area (Å²) in [5.41, 5.74) is 0. The van der Waals surface area contributed by atoms with Gasteiger partial charge in [-0.1, -0.05) is 45.4 Å². The molecule has 0 saturated carbocycles. The van der Waals surface area contributed by atoms with E-state index in [-0.39, 0.29) is 37.7 Å². The summed E-state index contributed by atoms with van der Waals surface area (Å²) in [5.74, 6) is 0. The molecular formula is C15H27CaO3P. The summed E-state index contributed by atoms with van der Waals surface area (Å²) in [6.07, 6.45) is 9.45. The van der Waals surface area contributed by atoms with E-state index in [1.165, 1.54) is 38.5 Å². The van der Waals surface area contributed by atoms with Crippen molar-refractivity contribution >= 4 is 46.3 Å². The van der Waals surface area contributed by atoms with E-state index in [2.05, 4.69) is 19.9 Å². The Bertz CT molecular complexity index is 200. The Morgan fingerprint density at radius 3 is 1.65 bits per heavy atom. The van der Waals surface area contributed by atoms with Crippen molar-refractivity contribution in [1.29, 1.82) is 0 Å². The molecule has 112 valence electrons. The quantitative estimate of drug-likeness (QED) is 0.322. The van der Waals surface area contributed by atoms with Gasteiger partial charge in [-0.2, -0.15) is 42.8 Å². The van der Waals surface area contributed by atoms with E-state index in [0.717, 1.165) is 6.42 Å². The summed E-state index contributed by atoms with van der Waals surface area (Å²) in [4.78, 5) is 21.7. The van der Waals surface area contributed by atoms with Crippen LogP contribution in [0.25, 0.3) is 0 Å². The molecule has 0 unspecified atom stereocenters. The van der Waals surface area contributed by atoms with Crippen LogP contribution < -0.4 is 0 Å². The average molecular weight is 326 g/mol. The first-order valence-electron chi connectivity index (χ1n) is 6.72. The SMILES string of the molecule is OP(O)O.[CH2-]CCCCCCCC.[Ca+2].[c-]1ccccc1. The fraction of sp³-hybridized carbons (Fsp3) is 0.533. The second kappa shape index (κ2) is 24.8. The van der Waals surface area contributed by atoms with Gasteiger partial charge in [0, 0.05) is 0 Å². The molecule has 5 heteroatoms. The van der Waals surface area contributed by atoms with Crippen molar-refractivity contribution in [3.8, 4) is 0 Å². The van der Waals surface area contributed by atoms with E-state index < -0.39 is 8.60 Å². The number of hydrogen-bond donors (Lipinski definition) is 3. The molecule has 3 nitrogen and oxygen atoms in total. The summed E-state index contributed by atoms with van der Waals surface area (Å²) < 4.78 is 0. The monoisotopic (exact) mass is 326 g/mol. The largest absolute Gasteiger partial charge is 2.00 e. The first kappa shape index (κ1) is 25.7. The summed E-state index contributed by atoms with van der Waals surface area (Å²) in [6.45, 7) is 6.05. The smallest absolute Gasteiger partial charge is 0.343 e. The molecule has 0 aliphatic carbocycles. The third kappa shape index (κ3) is 36.4. The third-order valence-corrected chi connectivity index (χ3v) is 2.21. The second-order valence-electron chi connectivity index (χ2n) is 3.97. The minimum atomic E-state index is -2.62. The Labute approximate surface area is 155 Å². The first-order chi connectivity index (χ1) is 9.15. The van der Waals surface area contributed by atoms with Crippen LogP contribution in [0.5, 0.6) is 0 Å². The zero-order valence-corrected chi connectivity index (χ0v) is 15.6. The van der Waals surface area contributed by atoms with Crippen molar-refractivity contribution in [2.45, 2.75) is 51.9 Å². The number of benzene rings is 1. The predicted molar refractivity (Wildman–Crippen MR) is 88.0 cm³/mol. The average Bonchev–Trinajstić information content (AvgIpc) is 2.41. The molecule has 0 aromatic heterocycles. The van der Waals surface area contributed by atoms with Crippen LogP contribution in [0, 0.1) is 13.0 Å². The van der Waals surface area contributed by atoms with E-state index in [4.69, 9.17) is 14.7 Å². The summed E-state index contributed by atoms with van der Waals surface area (Å²) >= 11 is 0. The van der Waals surface area contributed by atoms with Gasteiger partial charge in [0.25, 0.3) is 0 Å². The summed E-state index contributed by atoms with van der Waals surface area (Å²) in [7, 11) is -2.62. The van der Waals surface area contributed by atoms with Gasteiger partial charge >= 0.3 is 46.3 Å². The molecule has 1 rings (SSSR count). The van der Waals surface area contributed by atoms with E-state index in [0.29, 0.717) is 0 Å². The molecule has 1 aromatic rings. The van der Waals surface area contributed by atoms with Crippen LogP contribution in [0.3, 0.4) is 0 Å².